The highest BCUT2D eigenvalue weighted by Crippen LogP contribution is 2.39. The van der Waals surface area contributed by atoms with Crippen molar-refractivity contribution in [2.24, 2.45) is 0 Å². The number of nitrogens with zero attached hydrogens (tertiary/aromatic N) is 1. The number of nitro benzene ring substituents is 1. The molecule has 0 heterocycles. The molecule has 17 heavy (non-hydrogen) atoms. The van der Waals surface area contributed by atoms with Gasteiger partial charge in [-0.2, -0.15) is 0 Å². The van der Waals surface area contributed by atoms with Crippen LogP contribution in [0.2, 0.25) is 0 Å². The summed E-state index contributed by atoms with van der Waals surface area (Å²) in [7, 11) is 0. The molecule has 1 aliphatic rings. The first kappa shape index (κ1) is 11.7. The van der Waals surface area contributed by atoms with Crippen LogP contribution in [0, 0.1) is 10.1 Å². The number of hydrogen-bond donors (Lipinski definition) is 2. The maximum absolute atomic E-state index is 10.8. The zero-order valence-corrected chi connectivity index (χ0v) is 10.1. The Hall–Kier alpha value is -1.78. The Morgan fingerprint density at radius 1 is 1.35 bits per heavy atom. The average Bonchev–Trinajstić information content (AvgIpc) is 2.96. The Morgan fingerprint density at radius 2 is 2.00 bits per heavy atom. The molecule has 1 aliphatic carbocycles. The number of hydrogen-bond acceptors (Lipinski definition) is 4. The average molecular weight is 235 g/mol. The highest BCUT2D eigenvalue weighted by molar-refractivity contribution is 5.64. The van der Waals surface area contributed by atoms with Crippen LogP contribution in [0.1, 0.15) is 26.7 Å². The molecule has 0 amide bonds. The predicted molar refractivity (Wildman–Crippen MR) is 68.5 cm³/mol. The monoisotopic (exact) mass is 235 g/mol. The van der Waals surface area contributed by atoms with Gasteiger partial charge in [-0.05, 0) is 32.8 Å². The van der Waals surface area contributed by atoms with Crippen LogP contribution in [0.4, 0.5) is 17.1 Å². The second kappa shape index (κ2) is 4.24. The fourth-order valence-electron chi connectivity index (χ4n) is 1.76. The summed E-state index contributed by atoms with van der Waals surface area (Å²) in [5.41, 5.74) is 1.84. The third-order valence-electron chi connectivity index (χ3n) is 2.96. The summed E-state index contributed by atoms with van der Waals surface area (Å²) in [5, 5.41) is 17.3. The van der Waals surface area contributed by atoms with Gasteiger partial charge in [-0.3, -0.25) is 10.1 Å². The lowest BCUT2D eigenvalue weighted by Gasteiger charge is -2.14. The highest BCUT2D eigenvalue weighted by atomic mass is 16.6. The molecule has 0 unspecified atom stereocenters. The van der Waals surface area contributed by atoms with Gasteiger partial charge in [0.2, 0.25) is 0 Å². The Kier molecular flexibility index (Phi) is 2.92. The Morgan fingerprint density at radius 3 is 2.53 bits per heavy atom. The van der Waals surface area contributed by atoms with E-state index in [4.69, 9.17) is 0 Å². The van der Waals surface area contributed by atoms with E-state index in [1.165, 1.54) is 0 Å². The van der Waals surface area contributed by atoms with E-state index in [1.54, 1.807) is 12.1 Å². The molecule has 1 saturated carbocycles. The fourth-order valence-corrected chi connectivity index (χ4v) is 1.76. The molecule has 0 saturated heterocycles. The number of anilines is 2. The first-order chi connectivity index (χ1) is 8.02. The van der Waals surface area contributed by atoms with Gasteiger partial charge in [-0.15, -0.1) is 0 Å². The molecule has 5 heteroatoms. The SMILES string of the molecule is CCNc1cc(NC2(C)CC2)cc([N+](=O)[O-])c1. The van der Waals surface area contributed by atoms with Crippen LogP contribution in [0.3, 0.4) is 0 Å². The van der Waals surface area contributed by atoms with Gasteiger partial charge in [0.15, 0.2) is 0 Å². The zero-order chi connectivity index (χ0) is 12.5. The van der Waals surface area contributed by atoms with E-state index in [2.05, 4.69) is 17.6 Å². The lowest BCUT2D eigenvalue weighted by molar-refractivity contribution is -0.384. The topological polar surface area (TPSA) is 67.2 Å². The van der Waals surface area contributed by atoms with Crippen LogP contribution < -0.4 is 10.6 Å². The van der Waals surface area contributed by atoms with Gasteiger partial charge in [0.1, 0.15) is 0 Å². The second-order valence-electron chi connectivity index (χ2n) is 4.74. The first-order valence-corrected chi connectivity index (χ1v) is 5.84. The second-order valence-corrected chi connectivity index (χ2v) is 4.74. The molecule has 0 aliphatic heterocycles. The predicted octanol–water partition coefficient (Wildman–Crippen LogP) is 2.99. The Bertz CT molecular complexity index is 441. The Balaban J connectivity index is 2.26. The quantitative estimate of drug-likeness (QED) is 0.608. The molecule has 0 spiro atoms. The van der Waals surface area contributed by atoms with Crippen molar-refractivity contribution in [3.8, 4) is 0 Å². The Labute approximate surface area is 100 Å². The van der Waals surface area contributed by atoms with Gasteiger partial charge in [-0.1, -0.05) is 0 Å². The van der Waals surface area contributed by atoms with Crippen LogP contribution >= 0.6 is 0 Å². The van der Waals surface area contributed by atoms with Crippen LogP contribution in [0.15, 0.2) is 18.2 Å². The normalized spacial score (nSPS) is 16.4. The van der Waals surface area contributed by atoms with E-state index < -0.39 is 0 Å². The summed E-state index contributed by atoms with van der Waals surface area (Å²) in [6.45, 7) is 4.84. The minimum atomic E-state index is -0.360. The fraction of sp³-hybridized carbons (Fsp3) is 0.500. The van der Waals surface area contributed by atoms with Gasteiger partial charge in [0.05, 0.1) is 4.92 Å². The van der Waals surface area contributed by atoms with Crippen LogP contribution in [-0.4, -0.2) is 17.0 Å². The minimum absolute atomic E-state index is 0.121. The van der Waals surface area contributed by atoms with Crippen LogP contribution in [0.25, 0.3) is 0 Å². The number of nitro groups is 1. The first-order valence-electron chi connectivity index (χ1n) is 5.84. The summed E-state index contributed by atoms with van der Waals surface area (Å²) < 4.78 is 0. The largest absolute Gasteiger partial charge is 0.385 e. The van der Waals surface area contributed by atoms with Gasteiger partial charge < -0.3 is 10.6 Å². The number of non-ortho nitro benzene ring substituents is 1. The van der Waals surface area contributed by atoms with Crippen molar-refractivity contribution in [1.82, 2.24) is 0 Å². The van der Waals surface area contributed by atoms with E-state index in [0.717, 1.165) is 30.8 Å². The van der Waals surface area contributed by atoms with E-state index in [9.17, 15) is 10.1 Å². The molecule has 92 valence electrons. The van der Waals surface area contributed by atoms with Gasteiger partial charge in [0, 0.05) is 35.6 Å². The van der Waals surface area contributed by atoms with Crippen LogP contribution in [-0.2, 0) is 0 Å². The van der Waals surface area contributed by atoms with Crippen molar-refractivity contribution < 1.29 is 4.92 Å². The van der Waals surface area contributed by atoms with Crippen molar-refractivity contribution in [3.63, 3.8) is 0 Å². The number of rotatable bonds is 5. The van der Waals surface area contributed by atoms with Crippen molar-refractivity contribution in [3.05, 3.63) is 28.3 Å². The van der Waals surface area contributed by atoms with Crippen LogP contribution in [0.5, 0.6) is 0 Å². The number of benzene rings is 1. The van der Waals surface area contributed by atoms with E-state index in [-0.39, 0.29) is 16.1 Å². The molecule has 1 fully saturated rings. The molecular weight excluding hydrogens is 218 g/mol. The molecule has 1 aromatic rings. The van der Waals surface area contributed by atoms with Crippen molar-refractivity contribution >= 4 is 17.1 Å². The molecular formula is C12H17N3O2. The smallest absolute Gasteiger partial charge is 0.273 e. The third kappa shape index (κ3) is 2.87. The lowest BCUT2D eigenvalue weighted by atomic mass is 10.2. The highest BCUT2D eigenvalue weighted by Gasteiger charge is 2.37. The molecule has 0 radical (unpaired) electrons. The molecule has 2 rings (SSSR count). The molecule has 0 bridgehead atoms. The molecule has 1 aromatic carbocycles. The van der Waals surface area contributed by atoms with E-state index in [0.29, 0.717) is 0 Å². The molecule has 5 nitrogen and oxygen atoms in total. The van der Waals surface area contributed by atoms with Gasteiger partial charge >= 0.3 is 0 Å². The summed E-state index contributed by atoms with van der Waals surface area (Å²) >= 11 is 0. The molecule has 0 aromatic heterocycles. The van der Waals surface area contributed by atoms with Crippen molar-refractivity contribution in [1.29, 1.82) is 0 Å². The van der Waals surface area contributed by atoms with Crippen molar-refractivity contribution in [2.45, 2.75) is 32.2 Å². The zero-order valence-electron chi connectivity index (χ0n) is 10.1. The third-order valence-corrected chi connectivity index (χ3v) is 2.96. The number of nitrogens with one attached hydrogen (secondary N) is 2. The summed E-state index contributed by atoms with van der Waals surface area (Å²) in [4.78, 5) is 10.5. The standard InChI is InChI=1S/C12H17N3O2/c1-3-13-9-6-10(14-12(2)4-5-12)8-11(7-9)15(16)17/h6-8,13-14H,3-5H2,1-2H3. The molecule has 0 atom stereocenters. The summed E-state index contributed by atoms with van der Waals surface area (Å²) in [5.74, 6) is 0. The maximum Gasteiger partial charge on any atom is 0.273 e. The van der Waals surface area contributed by atoms with E-state index >= 15 is 0 Å². The minimum Gasteiger partial charge on any atom is -0.385 e. The summed E-state index contributed by atoms with van der Waals surface area (Å²) in [6, 6.07) is 5.06. The maximum atomic E-state index is 10.8. The van der Waals surface area contributed by atoms with Gasteiger partial charge in [0.25, 0.3) is 5.69 Å². The van der Waals surface area contributed by atoms with Crippen molar-refractivity contribution in [2.75, 3.05) is 17.2 Å². The lowest BCUT2D eigenvalue weighted by Crippen LogP contribution is -2.16. The van der Waals surface area contributed by atoms with Gasteiger partial charge in [-0.25, -0.2) is 0 Å². The van der Waals surface area contributed by atoms with E-state index in [1.807, 2.05) is 13.0 Å². The summed E-state index contributed by atoms with van der Waals surface area (Å²) in [6.07, 6.45) is 2.23. The molecule has 2 N–H and O–H groups in total.